The molecular weight excluding hydrogens is 408 g/mol. The maximum atomic E-state index is 6.30. The minimum absolute atomic E-state index is 0.0796. The van der Waals surface area contributed by atoms with Crippen molar-refractivity contribution in [2.24, 2.45) is 4.99 Å². The summed E-state index contributed by atoms with van der Waals surface area (Å²) in [5, 5.41) is 0. The van der Waals surface area contributed by atoms with E-state index in [0.29, 0.717) is 6.61 Å². The highest BCUT2D eigenvalue weighted by atomic mass is 16.5. The first-order valence-corrected chi connectivity index (χ1v) is 11.4. The molecule has 33 heavy (non-hydrogen) atoms. The van der Waals surface area contributed by atoms with Gasteiger partial charge in [-0.05, 0) is 67.3 Å². The Morgan fingerprint density at radius 3 is 2.52 bits per heavy atom. The predicted molar refractivity (Wildman–Crippen MR) is 138 cm³/mol. The van der Waals surface area contributed by atoms with Crippen molar-refractivity contribution in [3.05, 3.63) is 102 Å². The highest BCUT2D eigenvalue weighted by molar-refractivity contribution is 5.64. The second kappa shape index (κ2) is 12.0. The van der Waals surface area contributed by atoms with Crippen molar-refractivity contribution in [2.75, 3.05) is 20.2 Å². The topological polar surface area (TPSA) is 34.1 Å². The molecule has 0 N–H and O–H groups in total. The molecule has 0 saturated heterocycles. The van der Waals surface area contributed by atoms with Gasteiger partial charge in [-0.25, -0.2) is 4.99 Å². The SMILES string of the molecule is C=CCOC(Cc1ccccc1)c1cccc(Oc2cc(C)c(N=CN(C)CC)cc2C)c1. The molecule has 3 aromatic rings. The van der Waals surface area contributed by atoms with Gasteiger partial charge in [-0.2, -0.15) is 0 Å². The fourth-order valence-corrected chi connectivity index (χ4v) is 3.46. The zero-order valence-electron chi connectivity index (χ0n) is 20.1. The number of hydrogen-bond acceptors (Lipinski definition) is 3. The van der Waals surface area contributed by atoms with Gasteiger partial charge in [-0.15, -0.1) is 6.58 Å². The van der Waals surface area contributed by atoms with Crippen molar-refractivity contribution >= 4 is 12.0 Å². The minimum atomic E-state index is -0.0796. The Morgan fingerprint density at radius 1 is 1.00 bits per heavy atom. The first-order chi connectivity index (χ1) is 16.0. The fourth-order valence-electron chi connectivity index (χ4n) is 3.46. The van der Waals surface area contributed by atoms with Gasteiger partial charge in [0.1, 0.15) is 11.5 Å². The Balaban J connectivity index is 1.81. The number of nitrogens with zero attached hydrogens (tertiary/aromatic N) is 2. The van der Waals surface area contributed by atoms with Gasteiger partial charge in [0.05, 0.1) is 24.7 Å². The van der Waals surface area contributed by atoms with Gasteiger partial charge in [-0.3, -0.25) is 0 Å². The van der Waals surface area contributed by atoms with E-state index < -0.39 is 0 Å². The molecule has 0 aliphatic heterocycles. The first kappa shape index (κ1) is 24.3. The number of aryl methyl sites for hydroxylation is 2. The molecule has 0 aliphatic carbocycles. The van der Waals surface area contributed by atoms with Gasteiger partial charge in [-0.1, -0.05) is 48.5 Å². The van der Waals surface area contributed by atoms with Crippen LogP contribution in [0.3, 0.4) is 0 Å². The lowest BCUT2D eigenvalue weighted by Gasteiger charge is -2.19. The number of hydrogen-bond donors (Lipinski definition) is 0. The highest BCUT2D eigenvalue weighted by Crippen LogP contribution is 2.33. The van der Waals surface area contributed by atoms with E-state index in [2.05, 4.69) is 73.9 Å². The summed E-state index contributed by atoms with van der Waals surface area (Å²) in [6.07, 6.45) is 4.35. The van der Waals surface area contributed by atoms with Crippen LogP contribution in [0.2, 0.25) is 0 Å². The second-order valence-corrected chi connectivity index (χ2v) is 8.20. The zero-order valence-corrected chi connectivity index (χ0v) is 20.1. The van der Waals surface area contributed by atoms with E-state index in [1.54, 1.807) is 6.08 Å². The molecule has 0 fully saturated rings. The second-order valence-electron chi connectivity index (χ2n) is 8.20. The maximum absolute atomic E-state index is 6.30. The average Bonchev–Trinajstić information content (AvgIpc) is 2.83. The van der Waals surface area contributed by atoms with Crippen LogP contribution in [0.1, 0.15) is 35.3 Å². The summed E-state index contributed by atoms with van der Waals surface area (Å²) in [6.45, 7) is 11.4. The molecule has 0 amide bonds. The lowest BCUT2D eigenvalue weighted by atomic mass is 10.0. The number of benzene rings is 3. The monoisotopic (exact) mass is 442 g/mol. The van der Waals surface area contributed by atoms with Gasteiger partial charge < -0.3 is 14.4 Å². The van der Waals surface area contributed by atoms with Crippen molar-refractivity contribution in [3.63, 3.8) is 0 Å². The van der Waals surface area contributed by atoms with Crippen molar-refractivity contribution < 1.29 is 9.47 Å². The summed E-state index contributed by atoms with van der Waals surface area (Å²) in [7, 11) is 2.01. The van der Waals surface area contributed by atoms with Crippen molar-refractivity contribution in [1.82, 2.24) is 4.90 Å². The largest absolute Gasteiger partial charge is 0.457 e. The normalized spacial score (nSPS) is 12.0. The lowest BCUT2D eigenvalue weighted by molar-refractivity contribution is 0.0744. The Hall–Kier alpha value is -3.37. The zero-order chi connectivity index (χ0) is 23.6. The van der Waals surface area contributed by atoms with E-state index in [4.69, 9.17) is 9.47 Å². The van der Waals surface area contributed by atoms with E-state index in [0.717, 1.165) is 46.8 Å². The molecule has 0 spiro atoms. The molecule has 1 unspecified atom stereocenters. The number of ether oxygens (including phenoxy) is 2. The molecular formula is C29H34N2O2. The summed E-state index contributed by atoms with van der Waals surface area (Å²) >= 11 is 0. The third kappa shape index (κ3) is 7.06. The predicted octanol–water partition coefficient (Wildman–Crippen LogP) is 7.19. The quantitative estimate of drug-likeness (QED) is 0.179. The third-order valence-corrected chi connectivity index (χ3v) is 5.52. The maximum Gasteiger partial charge on any atom is 0.130 e. The molecule has 172 valence electrons. The van der Waals surface area contributed by atoms with E-state index in [1.165, 1.54) is 5.56 Å². The fraction of sp³-hybridized carbons (Fsp3) is 0.276. The van der Waals surface area contributed by atoms with E-state index in [-0.39, 0.29) is 6.10 Å². The molecule has 0 saturated carbocycles. The van der Waals surface area contributed by atoms with Crippen LogP contribution in [-0.4, -0.2) is 31.4 Å². The van der Waals surface area contributed by atoms with Crippen LogP contribution in [-0.2, 0) is 11.2 Å². The Labute approximate surface area is 198 Å². The highest BCUT2D eigenvalue weighted by Gasteiger charge is 2.14. The van der Waals surface area contributed by atoms with E-state index in [1.807, 2.05) is 43.4 Å². The molecule has 0 bridgehead atoms. The molecule has 4 heteroatoms. The molecule has 4 nitrogen and oxygen atoms in total. The molecule has 0 aliphatic rings. The molecule has 0 aromatic heterocycles. The van der Waals surface area contributed by atoms with Crippen molar-refractivity contribution in [1.29, 1.82) is 0 Å². The molecule has 0 heterocycles. The number of rotatable bonds is 11. The molecule has 0 radical (unpaired) electrons. The Morgan fingerprint density at radius 2 is 1.79 bits per heavy atom. The Bertz CT molecular complexity index is 1080. The summed E-state index contributed by atoms with van der Waals surface area (Å²) in [5.41, 5.74) is 5.38. The molecule has 1 atom stereocenters. The van der Waals surface area contributed by atoms with Crippen LogP contribution < -0.4 is 4.74 Å². The van der Waals surface area contributed by atoms with Gasteiger partial charge in [0.25, 0.3) is 0 Å². The van der Waals surface area contributed by atoms with Crippen LogP contribution in [0.25, 0.3) is 0 Å². The van der Waals surface area contributed by atoms with Gasteiger partial charge in [0.15, 0.2) is 0 Å². The lowest BCUT2D eigenvalue weighted by Crippen LogP contribution is -2.14. The summed E-state index contributed by atoms with van der Waals surface area (Å²) in [5.74, 6) is 1.62. The van der Waals surface area contributed by atoms with Crippen LogP contribution in [0.4, 0.5) is 5.69 Å². The molecule has 3 rings (SSSR count). The smallest absolute Gasteiger partial charge is 0.130 e. The average molecular weight is 443 g/mol. The summed E-state index contributed by atoms with van der Waals surface area (Å²) in [4.78, 5) is 6.66. The van der Waals surface area contributed by atoms with Crippen molar-refractivity contribution in [3.8, 4) is 11.5 Å². The van der Waals surface area contributed by atoms with Crippen LogP contribution in [0, 0.1) is 13.8 Å². The summed E-state index contributed by atoms with van der Waals surface area (Å²) in [6, 6.07) is 22.7. The van der Waals surface area contributed by atoms with E-state index >= 15 is 0 Å². The van der Waals surface area contributed by atoms with Crippen molar-refractivity contribution in [2.45, 2.75) is 33.3 Å². The first-order valence-electron chi connectivity index (χ1n) is 11.4. The van der Waals surface area contributed by atoms with Gasteiger partial charge >= 0.3 is 0 Å². The van der Waals surface area contributed by atoms with Crippen LogP contribution in [0.5, 0.6) is 11.5 Å². The molecule has 3 aromatic carbocycles. The van der Waals surface area contributed by atoms with E-state index in [9.17, 15) is 0 Å². The number of aliphatic imine (C=N–C) groups is 1. The summed E-state index contributed by atoms with van der Waals surface area (Å²) < 4.78 is 12.4. The van der Waals surface area contributed by atoms with Gasteiger partial charge in [0, 0.05) is 20.0 Å². The Kier molecular flexibility index (Phi) is 8.85. The van der Waals surface area contributed by atoms with Gasteiger partial charge in [0.2, 0.25) is 0 Å². The van der Waals surface area contributed by atoms with Crippen LogP contribution in [0.15, 0.2) is 84.4 Å². The third-order valence-electron chi connectivity index (χ3n) is 5.52. The van der Waals surface area contributed by atoms with Crippen LogP contribution >= 0.6 is 0 Å². The minimum Gasteiger partial charge on any atom is -0.457 e. The standard InChI is InChI=1S/C29H34N2O2/c1-6-16-32-29(19-24-12-9-8-10-13-24)25-14-11-15-26(20-25)33-28-18-22(3)27(17-23(28)4)30-21-31(5)7-2/h6,8-15,17-18,20-21,29H,1,7,16,19H2,2-5H3.